The Morgan fingerprint density at radius 2 is 1.01 bits per heavy atom. The van der Waals surface area contributed by atoms with Crippen molar-refractivity contribution >= 4 is 65.2 Å². The number of hydrogen-bond donors (Lipinski definition) is 12. The molecule has 2 rings (SSSR count). The Bertz CT molecular complexity index is 2190. The molecule has 0 aliphatic heterocycles. The summed E-state index contributed by atoms with van der Waals surface area (Å²) in [6.45, 7) is 7.70. The van der Waals surface area contributed by atoms with Gasteiger partial charge in [0.05, 0.1) is 12.5 Å². The largest absolute Gasteiger partial charge is 0.481 e. The maximum absolute atomic E-state index is 15.0. The second-order valence-corrected chi connectivity index (χ2v) is 17.3. The number of carbonyl (C=O) groups excluding carboxylic acids is 7. The SMILES string of the molecule is CC(C)C[C@H](NC(=O)[C@@H](NC(=O)[C@@H](N)CCC(=O)O)C(C)C)C(=O)N[C@@H](Cc1ccccc1F)C(=O)N[C@@H](CC(=O)O)C(=O)N[C@@H](C)C(=O)N[C@@H](CCC(=O)O)C(=O)N[C@@H](Cc1ccccc1)C(=O)O. The molecule has 8 atom stereocenters. The highest BCUT2D eigenvalue weighted by atomic mass is 19.1. The summed E-state index contributed by atoms with van der Waals surface area (Å²) < 4.78 is 15.0. The number of carbonyl (C=O) groups is 11. The molecule has 13 N–H and O–H groups in total. The third-order valence-corrected chi connectivity index (χ3v) is 10.5. The lowest BCUT2D eigenvalue weighted by molar-refractivity contribution is -0.143. The van der Waals surface area contributed by atoms with Crippen LogP contribution in [0.15, 0.2) is 54.6 Å². The standard InChI is InChI=1S/C46H63FN8O15/c1-23(2)19-31(53-45(68)38(24(3)4)55-40(63)29(48)15-17-35(56)57)43(66)51-32(21-27-13-9-10-14-28(27)47)44(67)52-33(22-37(60)61)42(65)49-25(5)39(62)50-30(16-18-36(58)59)41(64)54-34(46(69)70)20-26-11-7-6-8-12-26/h6-14,23-25,29-34,38H,15-22,48H2,1-5H3,(H,49,65)(H,50,62)(H,51,66)(H,52,67)(H,53,68)(H,54,64)(H,55,63)(H,56,57)(H,58,59)(H,60,61)(H,69,70)/t25-,29-,30-,31-,32-,33-,34-,38-/m0/s1. The van der Waals surface area contributed by atoms with Gasteiger partial charge in [-0.05, 0) is 55.2 Å². The monoisotopic (exact) mass is 986 g/mol. The number of benzene rings is 2. The Morgan fingerprint density at radius 1 is 0.514 bits per heavy atom. The highest BCUT2D eigenvalue weighted by Crippen LogP contribution is 2.14. The van der Waals surface area contributed by atoms with Gasteiger partial charge in [0, 0.05) is 25.7 Å². The Balaban J connectivity index is 2.36. The van der Waals surface area contributed by atoms with Crippen LogP contribution < -0.4 is 43.0 Å². The Hall–Kier alpha value is -7.50. The van der Waals surface area contributed by atoms with Crippen LogP contribution in [0.2, 0.25) is 0 Å². The Labute approximate surface area is 402 Å². The molecule has 0 aromatic heterocycles. The molecule has 23 nitrogen and oxygen atoms in total. The quantitative estimate of drug-likeness (QED) is 0.0462. The van der Waals surface area contributed by atoms with Crippen molar-refractivity contribution in [2.45, 2.75) is 134 Å². The van der Waals surface area contributed by atoms with Crippen molar-refractivity contribution in [3.63, 3.8) is 0 Å². The molecule has 0 fully saturated rings. The number of aliphatic carboxylic acids is 4. The van der Waals surface area contributed by atoms with Gasteiger partial charge in [-0.3, -0.25) is 47.9 Å². The molecule has 24 heteroatoms. The fraction of sp³-hybridized carbons (Fsp3) is 0.500. The van der Waals surface area contributed by atoms with Crippen molar-refractivity contribution < 1.29 is 77.6 Å². The van der Waals surface area contributed by atoms with E-state index in [9.17, 15) is 68.1 Å². The molecule has 0 unspecified atom stereocenters. The fourth-order valence-corrected chi connectivity index (χ4v) is 6.73. The van der Waals surface area contributed by atoms with E-state index in [1.54, 1.807) is 58.0 Å². The second-order valence-electron chi connectivity index (χ2n) is 17.3. The highest BCUT2D eigenvalue weighted by Gasteiger charge is 2.35. The van der Waals surface area contributed by atoms with E-state index in [1.807, 2.05) is 0 Å². The van der Waals surface area contributed by atoms with Crippen LogP contribution in [0.4, 0.5) is 4.39 Å². The van der Waals surface area contributed by atoms with Crippen molar-refractivity contribution in [3.8, 4) is 0 Å². The van der Waals surface area contributed by atoms with Crippen molar-refractivity contribution in [1.29, 1.82) is 0 Å². The van der Waals surface area contributed by atoms with Gasteiger partial charge in [-0.15, -0.1) is 0 Å². The van der Waals surface area contributed by atoms with Crippen LogP contribution in [0.25, 0.3) is 0 Å². The zero-order valence-electron chi connectivity index (χ0n) is 39.4. The fourth-order valence-electron chi connectivity index (χ4n) is 6.73. The first-order valence-electron chi connectivity index (χ1n) is 22.3. The molecule has 0 saturated carbocycles. The minimum atomic E-state index is -1.97. The molecule has 0 spiro atoms. The maximum atomic E-state index is 15.0. The van der Waals surface area contributed by atoms with Crippen LogP contribution in [-0.4, -0.2) is 134 Å². The van der Waals surface area contributed by atoms with Gasteiger partial charge in [-0.1, -0.05) is 76.2 Å². The number of nitrogens with one attached hydrogen (secondary N) is 7. The van der Waals surface area contributed by atoms with Gasteiger partial charge in [0.15, 0.2) is 0 Å². The average Bonchev–Trinajstić information content (AvgIpc) is 3.27. The summed E-state index contributed by atoms with van der Waals surface area (Å²) in [5.74, 6) is -14.5. The molecular formula is C46H63FN8O15. The Morgan fingerprint density at radius 3 is 1.57 bits per heavy atom. The highest BCUT2D eigenvalue weighted by molar-refractivity contribution is 5.98. The van der Waals surface area contributed by atoms with Crippen LogP contribution in [0.1, 0.15) is 84.3 Å². The molecule has 384 valence electrons. The molecule has 2 aromatic rings. The molecule has 0 saturated heterocycles. The van der Waals surface area contributed by atoms with E-state index in [0.717, 1.165) is 13.0 Å². The van der Waals surface area contributed by atoms with Gasteiger partial charge in [-0.25, -0.2) is 9.18 Å². The predicted molar refractivity (Wildman–Crippen MR) is 245 cm³/mol. The molecule has 0 heterocycles. The van der Waals surface area contributed by atoms with Crippen LogP contribution in [0.5, 0.6) is 0 Å². The smallest absolute Gasteiger partial charge is 0.326 e. The maximum Gasteiger partial charge on any atom is 0.326 e. The first-order chi connectivity index (χ1) is 32.8. The van der Waals surface area contributed by atoms with Crippen molar-refractivity contribution in [1.82, 2.24) is 37.2 Å². The molecule has 0 radical (unpaired) electrons. The van der Waals surface area contributed by atoms with Crippen LogP contribution in [-0.2, 0) is 65.6 Å². The summed E-state index contributed by atoms with van der Waals surface area (Å²) in [6.07, 6.45) is -3.69. The van der Waals surface area contributed by atoms with E-state index in [-0.39, 0.29) is 30.7 Å². The first-order valence-corrected chi connectivity index (χ1v) is 22.3. The second kappa shape index (κ2) is 28.7. The van der Waals surface area contributed by atoms with Gasteiger partial charge in [-0.2, -0.15) is 0 Å². The summed E-state index contributed by atoms with van der Waals surface area (Å²) in [6, 6.07) is 0.962. The van der Waals surface area contributed by atoms with E-state index < -0.39 is 157 Å². The molecule has 0 aliphatic rings. The summed E-state index contributed by atoms with van der Waals surface area (Å²) in [4.78, 5) is 141. The van der Waals surface area contributed by atoms with Crippen LogP contribution in [0, 0.1) is 17.7 Å². The zero-order valence-corrected chi connectivity index (χ0v) is 39.4. The summed E-state index contributed by atoms with van der Waals surface area (Å²) in [5, 5.41) is 54.2. The topological polar surface area (TPSA) is 379 Å². The summed E-state index contributed by atoms with van der Waals surface area (Å²) in [7, 11) is 0. The number of halogens is 1. The van der Waals surface area contributed by atoms with E-state index in [0.29, 0.717) is 5.56 Å². The lowest BCUT2D eigenvalue weighted by atomic mass is 9.98. The average molecular weight is 987 g/mol. The summed E-state index contributed by atoms with van der Waals surface area (Å²) >= 11 is 0. The molecular weight excluding hydrogens is 924 g/mol. The molecule has 0 bridgehead atoms. The number of rotatable bonds is 30. The van der Waals surface area contributed by atoms with Gasteiger partial charge in [0.1, 0.15) is 48.1 Å². The summed E-state index contributed by atoms with van der Waals surface area (Å²) in [5.41, 5.74) is 6.27. The van der Waals surface area contributed by atoms with Crippen LogP contribution in [0.3, 0.4) is 0 Å². The number of amides is 7. The van der Waals surface area contributed by atoms with E-state index >= 15 is 4.39 Å². The lowest BCUT2D eigenvalue weighted by Gasteiger charge is -2.28. The van der Waals surface area contributed by atoms with Gasteiger partial charge in [0.25, 0.3) is 0 Å². The molecule has 7 amide bonds. The number of carboxylic acids is 4. The van der Waals surface area contributed by atoms with Crippen molar-refractivity contribution in [2.24, 2.45) is 17.6 Å². The normalized spacial score (nSPS) is 14.5. The van der Waals surface area contributed by atoms with E-state index in [4.69, 9.17) is 10.8 Å². The van der Waals surface area contributed by atoms with Gasteiger partial charge >= 0.3 is 23.9 Å². The predicted octanol–water partition coefficient (Wildman–Crippen LogP) is -0.657. The molecule has 0 aliphatic carbocycles. The van der Waals surface area contributed by atoms with Crippen LogP contribution >= 0.6 is 0 Å². The number of nitrogens with two attached hydrogens (primary N) is 1. The van der Waals surface area contributed by atoms with E-state index in [2.05, 4.69) is 37.2 Å². The number of hydrogen-bond acceptors (Lipinski definition) is 12. The van der Waals surface area contributed by atoms with Crippen molar-refractivity contribution in [3.05, 3.63) is 71.5 Å². The number of carboxylic acid groups (broad SMARTS) is 4. The molecule has 70 heavy (non-hydrogen) atoms. The van der Waals surface area contributed by atoms with Gasteiger partial charge in [0.2, 0.25) is 41.4 Å². The van der Waals surface area contributed by atoms with Gasteiger partial charge < -0.3 is 63.4 Å². The first kappa shape index (κ1) is 58.6. The third kappa shape index (κ3) is 20.8. The van der Waals surface area contributed by atoms with E-state index in [1.165, 1.54) is 18.2 Å². The Kier molecular flexibility index (Phi) is 24.1. The zero-order chi connectivity index (χ0) is 52.8. The molecule has 2 aromatic carbocycles. The van der Waals surface area contributed by atoms with Crippen molar-refractivity contribution in [2.75, 3.05) is 0 Å². The lowest BCUT2D eigenvalue weighted by Crippen LogP contribution is -2.61. The minimum Gasteiger partial charge on any atom is -0.481 e. The third-order valence-electron chi connectivity index (χ3n) is 10.5. The minimum absolute atomic E-state index is 0.0425.